The third-order valence-electron chi connectivity index (χ3n) is 7.04. The van der Waals surface area contributed by atoms with E-state index < -0.39 is 0 Å². The van der Waals surface area contributed by atoms with Crippen LogP contribution in [0.1, 0.15) is 26.7 Å². The normalized spacial score (nSPS) is 22.3. The zero-order valence-electron chi connectivity index (χ0n) is 21.8. The summed E-state index contributed by atoms with van der Waals surface area (Å²) in [5.41, 5.74) is 2.90. The molecule has 1 N–H and O–H groups in total. The Bertz CT molecular complexity index is 1140. The highest BCUT2D eigenvalue weighted by atomic mass is 16.7. The first kappa shape index (κ1) is 25.2. The third-order valence-corrected chi connectivity index (χ3v) is 7.04. The number of nitrogens with zero attached hydrogens (tertiary/aromatic N) is 5. The lowest BCUT2D eigenvalue weighted by Gasteiger charge is -2.34. The van der Waals surface area contributed by atoms with Crippen LogP contribution in [-0.4, -0.2) is 72.8 Å². The van der Waals surface area contributed by atoms with E-state index in [-0.39, 0.29) is 24.0 Å². The number of nitrogens with one attached hydrogen (secondary N) is 1. The van der Waals surface area contributed by atoms with E-state index in [4.69, 9.17) is 9.57 Å². The quantitative estimate of drug-likeness (QED) is 0.564. The second kappa shape index (κ2) is 11.3. The number of allylic oxidation sites excluding steroid dienone is 2. The van der Waals surface area contributed by atoms with Crippen LogP contribution in [0, 0.1) is 5.92 Å². The number of likely N-dealkylation sites (N-methyl/N-ethyl adjacent to an activating group) is 1. The van der Waals surface area contributed by atoms with Crippen molar-refractivity contribution in [2.45, 2.75) is 38.8 Å². The molecule has 3 heterocycles. The minimum atomic E-state index is -0.248. The van der Waals surface area contributed by atoms with Crippen LogP contribution in [0.15, 0.2) is 60.5 Å². The van der Waals surface area contributed by atoms with E-state index in [0.717, 1.165) is 38.3 Å². The summed E-state index contributed by atoms with van der Waals surface area (Å²) in [6.07, 6.45) is 8.81. The molecule has 9 heteroatoms. The number of rotatable bonds is 7. The van der Waals surface area contributed by atoms with Crippen LogP contribution in [0.2, 0.25) is 0 Å². The Labute approximate surface area is 218 Å². The van der Waals surface area contributed by atoms with Crippen LogP contribution < -0.4 is 15.3 Å². The Morgan fingerprint density at radius 3 is 2.68 bits per heavy atom. The van der Waals surface area contributed by atoms with Crippen molar-refractivity contribution in [1.29, 1.82) is 0 Å². The lowest BCUT2D eigenvalue weighted by Crippen LogP contribution is -2.44. The van der Waals surface area contributed by atoms with Crippen LogP contribution >= 0.6 is 0 Å². The van der Waals surface area contributed by atoms with E-state index in [0.29, 0.717) is 30.2 Å². The molecule has 196 valence electrons. The van der Waals surface area contributed by atoms with Gasteiger partial charge in [0.25, 0.3) is 0 Å². The van der Waals surface area contributed by atoms with Crippen molar-refractivity contribution >= 4 is 29.0 Å². The molecule has 1 aliphatic carbocycles. The molecule has 2 atom stereocenters. The van der Waals surface area contributed by atoms with Crippen molar-refractivity contribution in [3.05, 3.63) is 60.5 Å². The molecule has 0 amide bonds. The number of piperazine rings is 1. The van der Waals surface area contributed by atoms with Gasteiger partial charge in [0, 0.05) is 55.1 Å². The van der Waals surface area contributed by atoms with Gasteiger partial charge in [-0.05, 0) is 58.0 Å². The van der Waals surface area contributed by atoms with Crippen molar-refractivity contribution < 1.29 is 14.4 Å². The van der Waals surface area contributed by atoms with Gasteiger partial charge in [-0.1, -0.05) is 18.2 Å². The van der Waals surface area contributed by atoms with Crippen LogP contribution in [0.4, 0.5) is 23.0 Å². The van der Waals surface area contributed by atoms with Gasteiger partial charge < -0.3 is 19.9 Å². The fourth-order valence-electron chi connectivity index (χ4n) is 5.02. The molecule has 3 aliphatic rings. The molecule has 0 bridgehead atoms. The number of hydrogen-bond donors (Lipinski definition) is 1. The lowest BCUT2D eigenvalue weighted by molar-refractivity contribution is -0.142. The molecule has 0 spiro atoms. The van der Waals surface area contributed by atoms with Crippen molar-refractivity contribution in [3.8, 4) is 0 Å². The Balaban J connectivity index is 1.24. The number of esters is 1. The maximum atomic E-state index is 12.5. The summed E-state index contributed by atoms with van der Waals surface area (Å²) in [5.74, 6) is 1.27. The molecule has 2 fully saturated rings. The molecule has 9 nitrogen and oxygen atoms in total. The highest BCUT2D eigenvalue weighted by Gasteiger charge is 2.35. The van der Waals surface area contributed by atoms with Gasteiger partial charge in [0.05, 0.1) is 18.8 Å². The van der Waals surface area contributed by atoms with E-state index in [1.165, 1.54) is 5.69 Å². The molecule has 0 saturated carbocycles. The SMILES string of the molecule is CC(C)OC(=O)C1=CC=CC([C@H]2CCON2c2cc(Nc3ccc(N4CCN(C)CC4)cc3)ncn2)C1. The number of ether oxygens (including phenoxy) is 1. The number of carbonyl (C=O) groups is 1. The zero-order valence-corrected chi connectivity index (χ0v) is 21.8. The van der Waals surface area contributed by atoms with Gasteiger partial charge in [0.15, 0.2) is 5.82 Å². The summed E-state index contributed by atoms with van der Waals surface area (Å²) in [6.45, 7) is 8.58. The minimum absolute atomic E-state index is 0.0671. The van der Waals surface area contributed by atoms with Gasteiger partial charge in [-0.25, -0.2) is 19.8 Å². The van der Waals surface area contributed by atoms with E-state index in [1.807, 2.05) is 37.1 Å². The number of benzene rings is 1. The molecule has 1 unspecified atom stereocenters. The van der Waals surface area contributed by atoms with Gasteiger partial charge in [-0.15, -0.1) is 0 Å². The molecular weight excluding hydrogens is 468 g/mol. The highest BCUT2D eigenvalue weighted by Crippen LogP contribution is 2.34. The summed E-state index contributed by atoms with van der Waals surface area (Å²) >= 11 is 0. The van der Waals surface area contributed by atoms with Gasteiger partial charge in [-0.3, -0.25) is 4.84 Å². The predicted octanol–water partition coefficient (Wildman–Crippen LogP) is 3.94. The van der Waals surface area contributed by atoms with Gasteiger partial charge >= 0.3 is 5.97 Å². The van der Waals surface area contributed by atoms with E-state index in [2.05, 4.69) is 62.5 Å². The van der Waals surface area contributed by atoms with E-state index >= 15 is 0 Å². The summed E-state index contributed by atoms with van der Waals surface area (Å²) < 4.78 is 5.41. The summed E-state index contributed by atoms with van der Waals surface area (Å²) in [5, 5.41) is 5.27. The molecule has 37 heavy (non-hydrogen) atoms. The lowest BCUT2D eigenvalue weighted by atomic mass is 9.87. The first-order valence-corrected chi connectivity index (χ1v) is 13.1. The largest absolute Gasteiger partial charge is 0.460 e. The third kappa shape index (κ3) is 6.11. The van der Waals surface area contributed by atoms with E-state index in [1.54, 1.807) is 6.33 Å². The predicted molar refractivity (Wildman–Crippen MR) is 145 cm³/mol. The van der Waals surface area contributed by atoms with Gasteiger partial charge in [0.1, 0.15) is 12.1 Å². The second-order valence-electron chi connectivity index (χ2n) is 10.1. The van der Waals surface area contributed by atoms with Crippen molar-refractivity contribution in [2.24, 2.45) is 5.92 Å². The maximum absolute atomic E-state index is 12.5. The average molecular weight is 505 g/mol. The van der Waals surface area contributed by atoms with Crippen molar-refractivity contribution in [1.82, 2.24) is 14.9 Å². The molecule has 5 rings (SSSR count). The molecule has 2 saturated heterocycles. The summed E-state index contributed by atoms with van der Waals surface area (Å²) in [7, 11) is 2.17. The summed E-state index contributed by atoms with van der Waals surface area (Å²) in [6, 6.07) is 10.4. The number of hydrogen-bond acceptors (Lipinski definition) is 9. The molecular formula is C28H36N6O3. The van der Waals surface area contributed by atoms with Crippen LogP contribution in [0.5, 0.6) is 0 Å². The van der Waals surface area contributed by atoms with Crippen molar-refractivity contribution in [3.63, 3.8) is 0 Å². The average Bonchev–Trinajstić information content (AvgIpc) is 3.40. The standard InChI is InChI=1S/C28H36N6O3/c1-20(2)37-28(35)22-6-4-5-21(17-22)25-11-16-36-34(25)27-18-26(29-19-30-27)31-23-7-9-24(10-8-23)33-14-12-32(3)13-15-33/h4-10,18-21,25H,11-17H2,1-3H3,(H,29,30,31)/t21?,25-/m1/s1. The molecule has 2 aromatic rings. The Morgan fingerprint density at radius 1 is 1.14 bits per heavy atom. The molecule has 2 aliphatic heterocycles. The first-order valence-electron chi connectivity index (χ1n) is 13.1. The zero-order chi connectivity index (χ0) is 25.8. The summed E-state index contributed by atoms with van der Waals surface area (Å²) in [4.78, 5) is 32.1. The van der Waals surface area contributed by atoms with Crippen LogP contribution in [0.25, 0.3) is 0 Å². The Kier molecular flexibility index (Phi) is 7.71. The smallest absolute Gasteiger partial charge is 0.334 e. The Morgan fingerprint density at radius 2 is 1.92 bits per heavy atom. The van der Waals surface area contributed by atoms with Gasteiger partial charge in [0.2, 0.25) is 0 Å². The topological polar surface area (TPSA) is 83.1 Å². The minimum Gasteiger partial charge on any atom is -0.460 e. The molecule has 1 aromatic carbocycles. The van der Waals surface area contributed by atoms with Crippen LogP contribution in [0.3, 0.4) is 0 Å². The number of hydroxylamine groups is 1. The fourth-order valence-corrected chi connectivity index (χ4v) is 5.02. The monoisotopic (exact) mass is 504 g/mol. The fraction of sp³-hybridized carbons (Fsp3) is 0.464. The van der Waals surface area contributed by atoms with Gasteiger partial charge in [-0.2, -0.15) is 0 Å². The second-order valence-corrected chi connectivity index (χ2v) is 10.1. The Hall–Kier alpha value is -3.43. The van der Waals surface area contributed by atoms with Crippen molar-refractivity contribution in [2.75, 3.05) is 55.1 Å². The molecule has 0 radical (unpaired) electrons. The highest BCUT2D eigenvalue weighted by molar-refractivity contribution is 5.89. The number of anilines is 4. The van der Waals surface area contributed by atoms with E-state index in [9.17, 15) is 4.79 Å². The number of aromatic nitrogens is 2. The molecule has 1 aromatic heterocycles. The first-order chi connectivity index (χ1) is 18.0. The van der Waals surface area contributed by atoms with Crippen LogP contribution in [-0.2, 0) is 14.4 Å². The maximum Gasteiger partial charge on any atom is 0.334 e. The number of carbonyl (C=O) groups excluding carboxylic acids is 1.